The summed E-state index contributed by atoms with van der Waals surface area (Å²) < 4.78 is 1.85. The summed E-state index contributed by atoms with van der Waals surface area (Å²) in [6, 6.07) is 6.23. The second-order valence-corrected chi connectivity index (χ2v) is 7.39. The van der Waals surface area contributed by atoms with Gasteiger partial charge in [0.25, 0.3) is 5.91 Å². The lowest BCUT2D eigenvalue weighted by Gasteiger charge is -2.09. The predicted octanol–water partition coefficient (Wildman–Crippen LogP) is 3.87. The number of thiophene rings is 1. The molecule has 6 heteroatoms. The average Bonchev–Trinajstić information content (AvgIpc) is 3.18. The Balaban J connectivity index is 1.86. The Labute approximate surface area is 145 Å². The number of hydrogen-bond acceptors (Lipinski definition) is 4. The van der Waals surface area contributed by atoms with Crippen molar-refractivity contribution in [3.05, 3.63) is 45.4 Å². The van der Waals surface area contributed by atoms with Gasteiger partial charge in [0, 0.05) is 21.5 Å². The van der Waals surface area contributed by atoms with Gasteiger partial charge in [0.1, 0.15) is 0 Å². The highest BCUT2D eigenvalue weighted by Gasteiger charge is 2.16. The minimum atomic E-state index is -0.0831. The van der Waals surface area contributed by atoms with Crippen molar-refractivity contribution < 1.29 is 4.79 Å². The third-order valence-corrected chi connectivity index (χ3v) is 5.15. The van der Waals surface area contributed by atoms with Gasteiger partial charge in [-0.25, -0.2) is 9.67 Å². The van der Waals surface area contributed by atoms with E-state index in [1.807, 2.05) is 17.7 Å². The molecule has 0 aliphatic carbocycles. The normalized spacial score (nSPS) is 11.4. The number of nitrogens with zero attached hydrogens (tertiary/aromatic N) is 3. The Morgan fingerprint density at radius 1 is 1.33 bits per heavy atom. The molecule has 3 aromatic rings. The van der Waals surface area contributed by atoms with Gasteiger partial charge in [-0.2, -0.15) is 5.10 Å². The van der Waals surface area contributed by atoms with Crippen molar-refractivity contribution in [3.63, 3.8) is 0 Å². The summed E-state index contributed by atoms with van der Waals surface area (Å²) >= 11 is 1.74. The standard InChI is InChI=1S/C18H22N4OS/c1-5-13-6-7-14(24-13)9-19-18(23)15-8-12(4)21-17-16(15)10-20-22(17)11(2)3/h6-8,10-11H,5,9H2,1-4H3,(H,19,23). The summed E-state index contributed by atoms with van der Waals surface area (Å²) in [4.78, 5) is 19.7. The van der Waals surface area contributed by atoms with Gasteiger partial charge in [0.05, 0.1) is 23.7 Å². The van der Waals surface area contributed by atoms with E-state index in [9.17, 15) is 4.79 Å². The molecule has 0 aliphatic rings. The van der Waals surface area contributed by atoms with Crippen LogP contribution in [0.5, 0.6) is 0 Å². The van der Waals surface area contributed by atoms with E-state index in [0.29, 0.717) is 12.1 Å². The molecule has 1 amide bonds. The minimum Gasteiger partial charge on any atom is -0.347 e. The first-order chi connectivity index (χ1) is 11.5. The first-order valence-corrected chi connectivity index (χ1v) is 9.02. The smallest absolute Gasteiger partial charge is 0.252 e. The lowest BCUT2D eigenvalue weighted by molar-refractivity contribution is 0.0953. The van der Waals surface area contributed by atoms with Crippen LogP contribution in [0.25, 0.3) is 11.0 Å². The second kappa shape index (κ2) is 6.73. The van der Waals surface area contributed by atoms with Crippen LogP contribution in [0.2, 0.25) is 0 Å². The zero-order chi connectivity index (χ0) is 17.3. The molecule has 126 valence electrons. The summed E-state index contributed by atoms with van der Waals surface area (Å²) in [6.45, 7) is 8.69. The van der Waals surface area contributed by atoms with Gasteiger partial charge in [-0.3, -0.25) is 4.79 Å². The number of aryl methyl sites for hydroxylation is 2. The van der Waals surface area contributed by atoms with Crippen molar-refractivity contribution in [2.75, 3.05) is 0 Å². The van der Waals surface area contributed by atoms with Crippen molar-refractivity contribution in [2.24, 2.45) is 0 Å². The molecular formula is C18H22N4OS. The van der Waals surface area contributed by atoms with Gasteiger partial charge in [0.2, 0.25) is 0 Å². The third-order valence-electron chi connectivity index (χ3n) is 3.92. The fourth-order valence-corrected chi connectivity index (χ4v) is 3.58. The fourth-order valence-electron chi connectivity index (χ4n) is 2.68. The van der Waals surface area contributed by atoms with Crippen molar-refractivity contribution in [3.8, 4) is 0 Å². The summed E-state index contributed by atoms with van der Waals surface area (Å²) in [5, 5.41) is 8.20. The van der Waals surface area contributed by atoms with Crippen LogP contribution in [0.3, 0.4) is 0 Å². The third kappa shape index (κ3) is 3.19. The van der Waals surface area contributed by atoms with Crippen LogP contribution in [-0.2, 0) is 13.0 Å². The van der Waals surface area contributed by atoms with Gasteiger partial charge in [-0.05, 0) is 45.4 Å². The maximum atomic E-state index is 12.7. The molecule has 5 nitrogen and oxygen atoms in total. The molecule has 0 bridgehead atoms. The number of nitrogens with one attached hydrogen (secondary N) is 1. The van der Waals surface area contributed by atoms with Crippen LogP contribution in [0, 0.1) is 6.92 Å². The van der Waals surface area contributed by atoms with E-state index in [1.165, 1.54) is 9.75 Å². The zero-order valence-corrected chi connectivity index (χ0v) is 15.3. The Morgan fingerprint density at radius 2 is 2.08 bits per heavy atom. The summed E-state index contributed by atoms with van der Waals surface area (Å²) in [5.41, 5.74) is 2.22. The molecule has 0 saturated heterocycles. The first-order valence-electron chi connectivity index (χ1n) is 8.20. The summed E-state index contributed by atoms with van der Waals surface area (Å²) in [7, 11) is 0. The van der Waals surface area contributed by atoms with E-state index in [1.54, 1.807) is 17.5 Å². The lowest BCUT2D eigenvalue weighted by atomic mass is 10.1. The van der Waals surface area contributed by atoms with Crippen LogP contribution in [0.4, 0.5) is 0 Å². The molecule has 0 spiro atoms. The van der Waals surface area contributed by atoms with Crippen LogP contribution in [0.15, 0.2) is 24.4 Å². The van der Waals surface area contributed by atoms with Crippen LogP contribution in [0.1, 0.15) is 52.6 Å². The van der Waals surface area contributed by atoms with Gasteiger partial charge in [-0.1, -0.05) is 6.92 Å². The van der Waals surface area contributed by atoms with E-state index >= 15 is 0 Å². The van der Waals surface area contributed by atoms with Gasteiger partial charge in [0.15, 0.2) is 5.65 Å². The first kappa shape index (κ1) is 16.6. The molecule has 0 radical (unpaired) electrons. The SMILES string of the molecule is CCc1ccc(CNC(=O)c2cc(C)nc3c2cnn3C(C)C)s1. The van der Waals surface area contributed by atoms with Gasteiger partial charge < -0.3 is 5.32 Å². The van der Waals surface area contributed by atoms with Crippen molar-refractivity contribution in [1.82, 2.24) is 20.1 Å². The number of carbonyl (C=O) groups is 1. The van der Waals surface area contributed by atoms with E-state index in [4.69, 9.17) is 0 Å². The van der Waals surface area contributed by atoms with Crippen molar-refractivity contribution in [1.29, 1.82) is 0 Å². The van der Waals surface area contributed by atoms with Crippen LogP contribution < -0.4 is 5.32 Å². The minimum absolute atomic E-state index is 0.0831. The summed E-state index contributed by atoms with van der Waals surface area (Å²) in [5.74, 6) is -0.0831. The quantitative estimate of drug-likeness (QED) is 0.765. The van der Waals surface area contributed by atoms with E-state index in [2.05, 4.69) is 48.3 Å². The van der Waals surface area contributed by atoms with E-state index < -0.39 is 0 Å². The Kier molecular flexibility index (Phi) is 4.66. The summed E-state index contributed by atoms with van der Waals surface area (Å²) in [6.07, 6.45) is 2.76. The number of hydrogen-bond donors (Lipinski definition) is 1. The lowest BCUT2D eigenvalue weighted by Crippen LogP contribution is -2.22. The Hall–Kier alpha value is -2.21. The maximum absolute atomic E-state index is 12.7. The predicted molar refractivity (Wildman–Crippen MR) is 97.5 cm³/mol. The Morgan fingerprint density at radius 3 is 2.75 bits per heavy atom. The maximum Gasteiger partial charge on any atom is 0.252 e. The Bertz CT molecular complexity index is 878. The molecule has 3 heterocycles. The van der Waals surface area contributed by atoms with Crippen LogP contribution >= 0.6 is 11.3 Å². The molecule has 3 aromatic heterocycles. The molecule has 0 fully saturated rings. The molecule has 0 saturated carbocycles. The van der Waals surface area contributed by atoms with Crippen molar-refractivity contribution in [2.45, 2.75) is 46.7 Å². The molecular weight excluding hydrogens is 320 g/mol. The topological polar surface area (TPSA) is 59.8 Å². The fraction of sp³-hybridized carbons (Fsp3) is 0.389. The van der Waals surface area contributed by atoms with E-state index in [-0.39, 0.29) is 11.9 Å². The number of rotatable bonds is 5. The second-order valence-electron chi connectivity index (χ2n) is 6.14. The largest absolute Gasteiger partial charge is 0.347 e. The molecule has 24 heavy (non-hydrogen) atoms. The highest BCUT2D eigenvalue weighted by atomic mass is 32.1. The molecule has 0 unspecified atom stereocenters. The molecule has 1 N–H and O–H groups in total. The number of aromatic nitrogens is 3. The van der Waals surface area contributed by atoms with Gasteiger partial charge >= 0.3 is 0 Å². The molecule has 0 atom stereocenters. The zero-order valence-electron chi connectivity index (χ0n) is 14.5. The van der Waals surface area contributed by atoms with Crippen LogP contribution in [-0.4, -0.2) is 20.7 Å². The molecule has 0 aromatic carbocycles. The van der Waals surface area contributed by atoms with E-state index in [0.717, 1.165) is 23.1 Å². The van der Waals surface area contributed by atoms with Crippen molar-refractivity contribution >= 4 is 28.3 Å². The number of amides is 1. The average molecular weight is 342 g/mol. The molecule has 3 rings (SSSR count). The van der Waals surface area contributed by atoms with Gasteiger partial charge in [-0.15, -0.1) is 11.3 Å². The number of carbonyl (C=O) groups excluding carboxylic acids is 1. The monoisotopic (exact) mass is 342 g/mol. The number of pyridine rings is 1. The molecule has 0 aliphatic heterocycles. The number of fused-ring (bicyclic) bond motifs is 1. The highest BCUT2D eigenvalue weighted by Crippen LogP contribution is 2.21. The highest BCUT2D eigenvalue weighted by molar-refractivity contribution is 7.11.